The zero-order valence-electron chi connectivity index (χ0n) is 9.64. The van der Waals surface area contributed by atoms with Gasteiger partial charge in [0.25, 0.3) is 0 Å². The second-order valence-corrected chi connectivity index (χ2v) is 3.90. The number of anilines is 2. The molecule has 0 aliphatic rings. The van der Waals surface area contributed by atoms with Crippen LogP contribution in [0.2, 0.25) is 5.15 Å². The van der Waals surface area contributed by atoms with Crippen LogP contribution >= 0.6 is 11.6 Å². The SMILES string of the molecule is NCCOc1cccc(Nc2cncc(Cl)n2)c1. The summed E-state index contributed by atoms with van der Waals surface area (Å²) < 4.78 is 5.43. The van der Waals surface area contributed by atoms with Crippen molar-refractivity contribution in [3.63, 3.8) is 0 Å². The summed E-state index contributed by atoms with van der Waals surface area (Å²) in [4.78, 5) is 8.04. The summed E-state index contributed by atoms with van der Waals surface area (Å²) >= 11 is 5.76. The van der Waals surface area contributed by atoms with Crippen molar-refractivity contribution in [3.8, 4) is 5.75 Å². The minimum Gasteiger partial charge on any atom is -0.492 e. The lowest BCUT2D eigenvalue weighted by atomic mass is 10.3. The lowest BCUT2D eigenvalue weighted by Crippen LogP contribution is -2.10. The van der Waals surface area contributed by atoms with Gasteiger partial charge in [0.05, 0.1) is 12.4 Å². The normalized spacial score (nSPS) is 10.1. The van der Waals surface area contributed by atoms with Crippen molar-refractivity contribution in [2.24, 2.45) is 5.73 Å². The van der Waals surface area contributed by atoms with Gasteiger partial charge in [-0.15, -0.1) is 0 Å². The third kappa shape index (κ3) is 3.58. The monoisotopic (exact) mass is 264 g/mol. The Labute approximate surface area is 110 Å². The van der Waals surface area contributed by atoms with Crippen LogP contribution in [0.15, 0.2) is 36.7 Å². The molecule has 94 valence electrons. The van der Waals surface area contributed by atoms with Crippen molar-refractivity contribution in [2.75, 3.05) is 18.5 Å². The molecule has 0 amide bonds. The molecule has 0 atom stereocenters. The van der Waals surface area contributed by atoms with Gasteiger partial charge in [0.15, 0.2) is 5.82 Å². The van der Waals surface area contributed by atoms with Crippen molar-refractivity contribution in [3.05, 3.63) is 41.8 Å². The van der Waals surface area contributed by atoms with Crippen LogP contribution in [0.25, 0.3) is 0 Å². The van der Waals surface area contributed by atoms with E-state index >= 15 is 0 Å². The molecular weight excluding hydrogens is 252 g/mol. The fraction of sp³-hybridized carbons (Fsp3) is 0.167. The van der Waals surface area contributed by atoms with Crippen LogP contribution in [0, 0.1) is 0 Å². The second-order valence-electron chi connectivity index (χ2n) is 3.52. The number of hydrogen-bond donors (Lipinski definition) is 2. The van der Waals surface area contributed by atoms with E-state index in [1.54, 1.807) is 6.20 Å². The van der Waals surface area contributed by atoms with Crippen molar-refractivity contribution >= 4 is 23.1 Å². The number of benzene rings is 1. The number of nitrogens with zero attached hydrogens (tertiary/aromatic N) is 2. The van der Waals surface area contributed by atoms with Gasteiger partial charge in [-0.1, -0.05) is 17.7 Å². The Morgan fingerprint density at radius 3 is 3.00 bits per heavy atom. The van der Waals surface area contributed by atoms with Crippen LogP contribution in [-0.4, -0.2) is 23.1 Å². The number of nitrogens with two attached hydrogens (primary N) is 1. The largest absolute Gasteiger partial charge is 0.492 e. The zero-order chi connectivity index (χ0) is 12.8. The molecule has 0 saturated carbocycles. The molecule has 0 aliphatic carbocycles. The van der Waals surface area contributed by atoms with Crippen LogP contribution < -0.4 is 15.8 Å². The van der Waals surface area contributed by atoms with Gasteiger partial charge in [0, 0.05) is 18.3 Å². The van der Waals surface area contributed by atoms with Gasteiger partial charge in [0.1, 0.15) is 17.5 Å². The highest BCUT2D eigenvalue weighted by atomic mass is 35.5. The molecule has 5 nitrogen and oxygen atoms in total. The van der Waals surface area contributed by atoms with Gasteiger partial charge in [-0.25, -0.2) is 4.98 Å². The molecule has 0 saturated heterocycles. The third-order valence-corrected chi connectivity index (χ3v) is 2.28. The first kappa shape index (κ1) is 12.6. The van der Waals surface area contributed by atoms with Crippen LogP contribution in [0.5, 0.6) is 5.75 Å². The number of ether oxygens (including phenoxy) is 1. The quantitative estimate of drug-likeness (QED) is 0.866. The number of nitrogens with one attached hydrogen (secondary N) is 1. The Bertz CT molecular complexity index is 521. The predicted octanol–water partition coefficient (Wildman–Crippen LogP) is 2.21. The molecule has 2 aromatic rings. The van der Waals surface area contributed by atoms with E-state index in [-0.39, 0.29) is 0 Å². The third-order valence-electron chi connectivity index (χ3n) is 2.10. The summed E-state index contributed by atoms with van der Waals surface area (Å²) in [7, 11) is 0. The molecule has 1 heterocycles. The standard InChI is InChI=1S/C12H13ClN4O/c13-11-7-15-8-12(17-11)16-9-2-1-3-10(6-9)18-5-4-14/h1-3,6-8H,4-5,14H2,(H,16,17). The van der Waals surface area contributed by atoms with Crippen LogP contribution in [-0.2, 0) is 0 Å². The Morgan fingerprint density at radius 1 is 1.33 bits per heavy atom. The molecule has 0 aliphatic heterocycles. The molecule has 6 heteroatoms. The molecule has 0 unspecified atom stereocenters. The molecule has 0 bridgehead atoms. The van der Waals surface area contributed by atoms with Crippen molar-refractivity contribution in [1.82, 2.24) is 9.97 Å². The summed E-state index contributed by atoms with van der Waals surface area (Å²) in [5.41, 5.74) is 6.23. The minimum absolute atomic E-state index is 0.343. The maximum absolute atomic E-state index is 5.76. The van der Waals surface area contributed by atoms with Gasteiger partial charge >= 0.3 is 0 Å². The first-order chi connectivity index (χ1) is 8.78. The van der Waals surface area contributed by atoms with E-state index in [2.05, 4.69) is 15.3 Å². The number of rotatable bonds is 5. The summed E-state index contributed by atoms with van der Waals surface area (Å²) in [6.45, 7) is 0.970. The van der Waals surface area contributed by atoms with E-state index in [0.29, 0.717) is 24.1 Å². The summed E-state index contributed by atoms with van der Waals surface area (Å²) in [6, 6.07) is 7.51. The van der Waals surface area contributed by atoms with E-state index in [9.17, 15) is 0 Å². The first-order valence-electron chi connectivity index (χ1n) is 5.45. The molecule has 0 radical (unpaired) electrons. The fourth-order valence-corrected chi connectivity index (χ4v) is 1.54. The summed E-state index contributed by atoms with van der Waals surface area (Å²) in [6.07, 6.45) is 3.08. The number of aromatic nitrogens is 2. The van der Waals surface area contributed by atoms with Gasteiger partial charge in [-0.2, -0.15) is 0 Å². The topological polar surface area (TPSA) is 73.1 Å². The van der Waals surface area contributed by atoms with Gasteiger partial charge in [-0.3, -0.25) is 4.98 Å². The predicted molar refractivity (Wildman–Crippen MR) is 71.3 cm³/mol. The average Bonchev–Trinajstić information content (AvgIpc) is 2.37. The maximum atomic E-state index is 5.76. The van der Waals surface area contributed by atoms with Gasteiger partial charge in [0.2, 0.25) is 0 Å². The molecule has 0 spiro atoms. The molecular formula is C12H13ClN4O. The van der Waals surface area contributed by atoms with Crippen LogP contribution in [0.1, 0.15) is 0 Å². The molecule has 2 rings (SSSR count). The van der Waals surface area contributed by atoms with Gasteiger partial charge in [-0.05, 0) is 12.1 Å². The van der Waals surface area contributed by atoms with E-state index < -0.39 is 0 Å². The Hall–Kier alpha value is -1.85. The van der Waals surface area contributed by atoms with E-state index in [1.807, 2.05) is 24.3 Å². The fourth-order valence-electron chi connectivity index (χ4n) is 1.39. The smallest absolute Gasteiger partial charge is 0.150 e. The van der Waals surface area contributed by atoms with E-state index in [1.165, 1.54) is 6.20 Å². The first-order valence-corrected chi connectivity index (χ1v) is 5.83. The van der Waals surface area contributed by atoms with Crippen molar-refractivity contribution < 1.29 is 4.74 Å². The number of hydrogen-bond acceptors (Lipinski definition) is 5. The lowest BCUT2D eigenvalue weighted by molar-refractivity contribution is 0.328. The lowest BCUT2D eigenvalue weighted by Gasteiger charge is -2.08. The molecule has 18 heavy (non-hydrogen) atoms. The molecule has 0 fully saturated rings. The molecule has 3 N–H and O–H groups in total. The van der Waals surface area contributed by atoms with Crippen LogP contribution in [0.3, 0.4) is 0 Å². The highest BCUT2D eigenvalue weighted by Gasteiger charge is 2.00. The van der Waals surface area contributed by atoms with Crippen molar-refractivity contribution in [1.29, 1.82) is 0 Å². The highest BCUT2D eigenvalue weighted by molar-refractivity contribution is 6.29. The maximum Gasteiger partial charge on any atom is 0.150 e. The van der Waals surface area contributed by atoms with Gasteiger partial charge < -0.3 is 15.8 Å². The summed E-state index contributed by atoms with van der Waals surface area (Å²) in [5.74, 6) is 1.33. The Balaban J connectivity index is 2.09. The molecule has 1 aromatic heterocycles. The second kappa shape index (κ2) is 6.18. The zero-order valence-corrected chi connectivity index (χ0v) is 10.4. The van der Waals surface area contributed by atoms with Crippen molar-refractivity contribution in [2.45, 2.75) is 0 Å². The molecule has 1 aromatic carbocycles. The summed E-state index contributed by atoms with van der Waals surface area (Å²) in [5, 5.41) is 3.44. The van der Waals surface area contributed by atoms with E-state index in [4.69, 9.17) is 22.1 Å². The van der Waals surface area contributed by atoms with E-state index in [0.717, 1.165) is 11.4 Å². The average molecular weight is 265 g/mol. The Kier molecular flexibility index (Phi) is 4.33. The Morgan fingerprint density at radius 2 is 2.22 bits per heavy atom. The van der Waals surface area contributed by atoms with Crippen LogP contribution in [0.4, 0.5) is 11.5 Å². The highest BCUT2D eigenvalue weighted by Crippen LogP contribution is 2.20. The number of halogens is 1. The minimum atomic E-state index is 0.343.